The van der Waals surface area contributed by atoms with Crippen molar-refractivity contribution in [3.8, 4) is 0 Å². The van der Waals surface area contributed by atoms with Crippen molar-refractivity contribution < 1.29 is 9.90 Å². The molecule has 122 valence electrons. The molecule has 1 amide bonds. The zero-order valence-electron chi connectivity index (χ0n) is 13.1. The molecule has 1 aliphatic heterocycles. The van der Waals surface area contributed by atoms with Crippen molar-refractivity contribution in [3.63, 3.8) is 0 Å². The lowest BCUT2D eigenvalue weighted by Gasteiger charge is -2.38. The number of aryl methyl sites for hydroxylation is 1. The highest BCUT2D eigenvalue weighted by Crippen LogP contribution is 2.23. The van der Waals surface area contributed by atoms with Gasteiger partial charge in [0.25, 0.3) is 0 Å². The first-order valence-corrected chi connectivity index (χ1v) is 8.20. The van der Waals surface area contributed by atoms with Crippen LogP contribution in [0.25, 0.3) is 0 Å². The van der Waals surface area contributed by atoms with E-state index in [0.29, 0.717) is 13.1 Å². The topological polar surface area (TPSA) is 69.6 Å². The minimum absolute atomic E-state index is 0.000356. The van der Waals surface area contributed by atoms with Gasteiger partial charge in [0.15, 0.2) is 0 Å². The van der Waals surface area contributed by atoms with E-state index in [4.69, 9.17) is 11.6 Å². The standard InChI is InChI=1S/C15H23ClN4O2/c1-3-6-11-9-13(18-14(16)17-11)19-8-5-7-12(10-19)20(4-2)15(21)22/h9,12H,3-8,10H2,1-2H3,(H,21,22)/t12-/m1/s1. The largest absolute Gasteiger partial charge is 0.465 e. The molecule has 7 heteroatoms. The molecule has 0 saturated carbocycles. The third-order valence-electron chi connectivity index (χ3n) is 3.99. The molecule has 0 spiro atoms. The molecular formula is C15H23ClN4O2. The summed E-state index contributed by atoms with van der Waals surface area (Å²) in [7, 11) is 0. The van der Waals surface area contributed by atoms with E-state index in [1.165, 1.54) is 4.90 Å². The molecule has 0 unspecified atom stereocenters. The predicted octanol–water partition coefficient (Wildman–Crippen LogP) is 3.05. The van der Waals surface area contributed by atoms with Crippen molar-refractivity contribution >= 4 is 23.5 Å². The van der Waals surface area contributed by atoms with E-state index < -0.39 is 6.09 Å². The van der Waals surface area contributed by atoms with Crippen LogP contribution in [0.15, 0.2) is 6.07 Å². The number of rotatable bonds is 5. The van der Waals surface area contributed by atoms with Gasteiger partial charge < -0.3 is 14.9 Å². The highest BCUT2D eigenvalue weighted by Gasteiger charge is 2.28. The normalized spacial score (nSPS) is 18.3. The Kier molecular flexibility index (Phi) is 5.83. The highest BCUT2D eigenvalue weighted by molar-refractivity contribution is 6.28. The van der Waals surface area contributed by atoms with Crippen LogP contribution < -0.4 is 4.90 Å². The second kappa shape index (κ2) is 7.63. The summed E-state index contributed by atoms with van der Waals surface area (Å²) in [5, 5.41) is 9.56. The number of amides is 1. The van der Waals surface area contributed by atoms with Crippen LogP contribution in [0.4, 0.5) is 10.6 Å². The van der Waals surface area contributed by atoms with E-state index >= 15 is 0 Å². The summed E-state index contributed by atoms with van der Waals surface area (Å²) in [5.74, 6) is 0.801. The first-order chi connectivity index (χ1) is 10.5. The number of likely N-dealkylation sites (N-methyl/N-ethyl adjacent to an activating group) is 1. The highest BCUT2D eigenvalue weighted by atomic mass is 35.5. The Hall–Kier alpha value is -1.56. The Balaban J connectivity index is 2.16. The number of hydrogen-bond acceptors (Lipinski definition) is 4. The molecule has 1 saturated heterocycles. The van der Waals surface area contributed by atoms with Crippen molar-refractivity contribution in [1.29, 1.82) is 0 Å². The van der Waals surface area contributed by atoms with Gasteiger partial charge in [0.05, 0.1) is 6.04 Å². The lowest BCUT2D eigenvalue weighted by atomic mass is 10.0. The van der Waals surface area contributed by atoms with E-state index in [2.05, 4.69) is 21.8 Å². The number of aromatic nitrogens is 2. The number of carboxylic acid groups (broad SMARTS) is 1. The van der Waals surface area contributed by atoms with Crippen LogP contribution in [0.5, 0.6) is 0 Å². The van der Waals surface area contributed by atoms with Gasteiger partial charge in [-0.15, -0.1) is 0 Å². The average Bonchev–Trinajstić information content (AvgIpc) is 2.47. The van der Waals surface area contributed by atoms with Crippen molar-refractivity contribution in [1.82, 2.24) is 14.9 Å². The Labute approximate surface area is 136 Å². The van der Waals surface area contributed by atoms with Gasteiger partial charge in [0.1, 0.15) is 5.82 Å². The number of hydrogen-bond donors (Lipinski definition) is 1. The molecule has 1 N–H and O–H groups in total. The Bertz CT molecular complexity index is 526. The van der Waals surface area contributed by atoms with Crippen molar-refractivity contribution in [2.45, 2.75) is 45.6 Å². The fourth-order valence-corrected chi connectivity index (χ4v) is 3.16. The SMILES string of the molecule is CCCc1cc(N2CCC[C@@H](N(CC)C(=O)O)C2)nc(Cl)n1. The fourth-order valence-electron chi connectivity index (χ4n) is 2.96. The Morgan fingerprint density at radius 2 is 2.27 bits per heavy atom. The smallest absolute Gasteiger partial charge is 0.407 e. The molecule has 2 rings (SSSR count). The summed E-state index contributed by atoms with van der Waals surface area (Å²) in [6.07, 6.45) is 2.83. The number of nitrogens with zero attached hydrogens (tertiary/aromatic N) is 4. The van der Waals surface area contributed by atoms with Gasteiger partial charge in [-0.1, -0.05) is 13.3 Å². The quantitative estimate of drug-likeness (QED) is 0.842. The summed E-state index contributed by atoms with van der Waals surface area (Å²) in [6.45, 7) is 5.98. The molecule has 1 atom stereocenters. The molecule has 2 heterocycles. The van der Waals surface area contributed by atoms with Crippen LogP contribution in [0, 0.1) is 0 Å². The van der Waals surface area contributed by atoms with Gasteiger partial charge >= 0.3 is 6.09 Å². The van der Waals surface area contributed by atoms with Crippen molar-refractivity contribution in [3.05, 3.63) is 17.0 Å². The Morgan fingerprint density at radius 3 is 2.91 bits per heavy atom. The van der Waals surface area contributed by atoms with E-state index in [1.54, 1.807) is 0 Å². The van der Waals surface area contributed by atoms with Gasteiger partial charge in [-0.2, -0.15) is 0 Å². The summed E-state index contributed by atoms with van der Waals surface area (Å²) in [6, 6.07) is 1.97. The van der Waals surface area contributed by atoms with Crippen LogP contribution in [-0.4, -0.2) is 51.7 Å². The second-order valence-electron chi connectivity index (χ2n) is 5.55. The first-order valence-electron chi connectivity index (χ1n) is 7.83. The molecule has 0 aliphatic carbocycles. The van der Waals surface area contributed by atoms with Gasteiger partial charge in [0.2, 0.25) is 5.28 Å². The molecule has 6 nitrogen and oxygen atoms in total. The first kappa shape index (κ1) is 16.8. The minimum Gasteiger partial charge on any atom is -0.465 e. The third-order valence-corrected chi connectivity index (χ3v) is 4.16. The van der Waals surface area contributed by atoms with Crippen molar-refractivity contribution in [2.24, 2.45) is 0 Å². The predicted molar refractivity (Wildman–Crippen MR) is 86.7 cm³/mol. The maximum Gasteiger partial charge on any atom is 0.407 e. The Morgan fingerprint density at radius 1 is 1.50 bits per heavy atom. The molecule has 1 aromatic heterocycles. The monoisotopic (exact) mass is 326 g/mol. The third kappa shape index (κ3) is 4.00. The number of halogens is 1. The number of piperidine rings is 1. The summed E-state index contributed by atoms with van der Waals surface area (Å²) in [4.78, 5) is 23.5. The molecule has 0 radical (unpaired) electrons. The van der Waals surface area contributed by atoms with Gasteiger partial charge in [-0.3, -0.25) is 0 Å². The van der Waals surface area contributed by atoms with E-state index in [1.807, 2.05) is 13.0 Å². The summed E-state index contributed by atoms with van der Waals surface area (Å²) in [5.41, 5.74) is 0.935. The molecule has 0 bridgehead atoms. The molecule has 1 aromatic rings. The lowest BCUT2D eigenvalue weighted by molar-refractivity contribution is 0.121. The minimum atomic E-state index is -0.859. The maximum absolute atomic E-state index is 11.3. The lowest BCUT2D eigenvalue weighted by Crippen LogP contribution is -2.50. The van der Waals surface area contributed by atoms with Gasteiger partial charge in [-0.25, -0.2) is 14.8 Å². The maximum atomic E-state index is 11.3. The van der Waals surface area contributed by atoms with Crippen molar-refractivity contribution in [2.75, 3.05) is 24.5 Å². The summed E-state index contributed by atoms with van der Waals surface area (Å²) >= 11 is 6.03. The molecule has 1 fully saturated rings. The fraction of sp³-hybridized carbons (Fsp3) is 0.667. The molecule has 1 aliphatic rings. The summed E-state index contributed by atoms with van der Waals surface area (Å²) < 4.78 is 0. The second-order valence-corrected chi connectivity index (χ2v) is 5.89. The average molecular weight is 327 g/mol. The number of carbonyl (C=O) groups is 1. The van der Waals surface area contributed by atoms with Crippen LogP contribution in [-0.2, 0) is 6.42 Å². The molecular weight excluding hydrogens is 304 g/mol. The zero-order valence-corrected chi connectivity index (χ0v) is 13.9. The van der Waals surface area contributed by atoms with E-state index in [-0.39, 0.29) is 11.3 Å². The van der Waals surface area contributed by atoms with Crippen LogP contribution in [0.2, 0.25) is 5.28 Å². The van der Waals surface area contributed by atoms with Crippen LogP contribution >= 0.6 is 11.6 Å². The van der Waals surface area contributed by atoms with Gasteiger partial charge in [0, 0.05) is 31.4 Å². The van der Waals surface area contributed by atoms with E-state index in [0.717, 1.165) is 43.7 Å². The van der Waals surface area contributed by atoms with Crippen LogP contribution in [0.3, 0.4) is 0 Å². The number of anilines is 1. The zero-order chi connectivity index (χ0) is 16.1. The molecule has 22 heavy (non-hydrogen) atoms. The van der Waals surface area contributed by atoms with Crippen LogP contribution in [0.1, 0.15) is 38.8 Å². The molecule has 0 aromatic carbocycles. The van der Waals surface area contributed by atoms with E-state index in [9.17, 15) is 9.90 Å². The van der Waals surface area contributed by atoms with Gasteiger partial charge in [-0.05, 0) is 37.8 Å².